The van der Waals surface area contributed by atoms with E-state index in [1.54, 1.807) is 19.2 Å². The van der Waals surface area contributed by atoms with Crippen molar-refractivity contribution in [2.75, 3.05) is 0 Å². The first-order valence-electron chi connectivity index (χ1n) is 6.11. The molecule has 0 spiro atoms. The fraction of sp³-hybridized carbons (Fsp3) is 0.583. The number of rotatable bonds is 6. The van der Waals surface area contributed by atoms with Gasteiger partial charge in [0, 0.05) is 5.38 Å². The topological polar surface area (TPSA) is 105 Å². The van der Waals surface area contributed by atoms with E-state index in [0.717, 1.165) is 0 Å². The quantitative estimate of drug-likeness (QED) is 0.732. The number of amides is 1. The molecule has 0 saturated carbocycles. The molecule has 4 N–H and O–H groups in total. The average Bonchev–Trinajstić information content (AvgIpc) is 2.84. The van der Waals surface area contributed by atoms with Crippen LogP contribution < -0.4 is 11.1 Å². The van der Waals surface area contributed by atoms with Crippen LogP contribution in [0.25, 0.3) is 0 Å². The van der Waals surface area contributed by atoms with Gasteiger partial charge in [-0.1, -0.05) is 20.3 Å². The van der Waals surface area contributed by atoms with E-state index in [2.05, 4.69) is 10.3 Å². The molecule has 6 nitrogen and oxygen atoms in total. The van der Waals surface area contributed by atoms with Gasteiger partial charge in [-0.05, 0) is 12.8 Å². The van der Waals surface area contributed by atoms with Crippen molar-refractivity contribution in [1.29, 1.82) is 0 Å². The molecule has 1 aromatic rings. The minimum Gasteiger partial charge on any atom is -0.480 e. The second kappa shape index (κ2) is 6.63. The van der Waals surface area contributed by atoms with Crippen LogP contribution in [0.2, 0.25) is 0 Å². The van der Waals surface area contributed by atoms with Gasteiger partial charge in [-0.15, -0.1) is 11.3 Å². The Morgan fingerprint density at radius 1 is 1.53 bits per heavy atom. The lowest BCUT2D eigenvalue weighted by Crippen LogP contribution is -2.45. The predicted octanol–water partition coefficient (Wildman–Crippen LogP) is 1.39. The van der Waals surface area contributed by atoms with Crippen molar-refractivity contribution >= 4 is 23.2 Å². The van der Waals surface area contributed by atoms with Crippen LogP contribution in [0.5, 0.6) is 0 Å². The highest BCUT2D eigenvalue weighted by atomic mass is 32.1. The molecule has 0 aliphatic carbocycles. The molecule has 0 aliphatic heterocycles. The van der Waals surface area contributed by atoms with E-state index in [4.69, 9.17) is 10.8 Å². The number of carbonyl (C=O) groups excluding carboxylic acids is 1. The number of carbonyl (C=O) groups is 2. The Morgan fingerprint density at radius 3 is 2.58 bits per heavy atom. The Bertz CT molecular complexity index is 459. The number of carboxylic acids is 1. The third-order valence-electron chi connectivity index (χ3n) is 2.91. The number of nitrogens with zero attached hydrogens (tertiary/aromatic N) is 1. The van der Waals surface area contributed by atoms with E-state index in [1.165, 1.54) is 11.3 Å². The molecule has 0 fully saturated rings. The summed E-state index contributed by atoms with van der Waals surface area (Å²) in [5.74, 6) is -1.66. The summed E-state index contributed by atoms with van der Waals surface area (Å²) in [5, 5.41) is 13.9. The molecular formula is C12H19N3O3S. The maximum absolute atomic E-state index is 11.9. The number of aliphatic carboxylic acids is 1. The largest absolute Gasteiger partial charge is 0.480 e. The predicted molar refractivity (Wildman–Crippen MR) is 73.1 cm³/mol. The SMILES string of the molecule is CCC(C)[C@H](NC(=O)c1csc(C(C)N)n1)C(=O)O. The number of nitrogens with two attached hydrogens (primary N) is 1. The van der Waals surface area contributed by atoms with Gasteiger partial charge in [0.05, 0.1) is 6.04 Å². The zero-order chi connectivity index (χ0) is 14.6. The van der Waals surface area contributed by atoms with Crippen LogP contribution in [0, 0.1) is 5.92 Å². The number of nitrogens with one attached hydrogen (secondary N) is 1. The van der Waals surface area contributed by atoms with E-state index in [1.807, 2.05) is 6.92 Å². The van der Waals surface area contributed by atoms with Crippen LogP contribution in [0.15, 0.2) is 5.38 Å². The summed E-state index contributed by atoms with van der Waals surface area (Å²) < 4.78 is 0. The zero-order valence-electron chi connectivity index (χ0n) is 11.2. The molecule has 1 rings (SSSR count). The van der Waals surface area contributed by atoms with Crippen molar-refractivity contribution < 1.29 is 14.7 Å². The summed E-state index contributed by atoms with van der Waals surface area (Å²) >= 11 is 1.29. The normalized spacial score (nSPS) is 15.6. The van der Waals surface area contributed by atoms with Gasteiger partial charge in [-0.3, -0.25) is 4.79 Å². The Kier molecular flexibility index (Phi) is 5.44. The molecule has 0 aromatic carbocycles. The Morgan fingerprint density at radius 2 is 2.16 bits per heavy atom. The van der Waals surface area contributed by atoms with Gasteiger partial charge in [0.1, 0.15) is 16.7 Å². The van der Waals surface area contributed by atoms with Gasteiger partial charge in [0.15, 0.2) is 0 Å². The minimum atomic E-state index is -1.04. The van der Waals surface area contributed by atoms with E-state index < -0.39 is 17.9 Å². The first kappa shape index (κ1) is 15.6. The zero-order valence-corrected chi connectivity index (χ0v) is 12.0. The monoisotopic (exact) mass is 285 g/mol. The molecule has 3 atom stereocenters. The number of thiazole rings is 1. The molecule has 1 amide bonds. The average molecular weight is 285 g/mol. The molecule has 2 unspecified atom stereocenters. The summed E-state index contributed by atoms with van der Waals surface area (Å²) in [6.45, 7) is 5.44. The molecule has 19 heavy (non-hydrogen) atoms. The van der Waals surface area contributed by atoms with Crippen LogP contribution in [-0.2, 0) is 4.79 Å². The van der Waals surface area contributed by atoms with E-state index in [9.17, 15) is 9.59 Å². The molecule has 0 saturated heterocycles. The fourth-order valence-electron chi connectivity index (χ4n) is 1.50. The Labute approximate surface area is 116 Å². The number of hydrogen-bond acceptors (Lipinski definition) is 5. The maximum atomic E-state index is 11.9. The lowest BCUT2D eigenvalue weighted by atomic mass is 9.99. The van der Waals surface area contributed by atoms with Crippen LogP contribution in [0.1, 0.15) is 48.7 Å². The lowest BCUT2D eigenvalue weighted by Gasteiger charge is -2.19. The van der Waals surface area contributed by atoms with E-state index >= 15 is 0 Å². The van der Waals surface area contributed by atoms with Gasteiger partial charge in [0.25, 0.3) is 5.91 Å². The fourth-order valence-corrected chi connectivity index (χ4v) is 2.26. The van der Waals surface area contributed by atoms with Gasteiger partial charge in [-0.2, -0.15) is 0 Å². The first-order chi connectivity index (χ1) is 8.86. The summed E-state index contributed by atoms with van der Waals surface area (Å²) in [7, 11) is 0. The van der Waals surface area contributed by atoms with Crippen LogP contribution in [0.3, 0.4) is 0 Å². The molecular weight excluding hydrogens is 266 g/mol. The summed E-state index contributed by atoms with van der Waals surface area (Å²) in [5.41, 5.74) is 5.88. The van der Waals surface area contributed by atoms with Gasteiger partial charge in [0.2, 0.25) is 0 Å². The summed E-state index contributed by atoms with van der Waals surface area (Å²) in [6.07, 6.45) is 0.666. The second-order valence-electron chi connectivity index (χ2n) is 4.53. The molecule has 1 aromatic heterocycles. The highest BCUT2D eigenvalue weighted by molar-refractivity contribution is 7.09. The highest BCUT2D eigenvalue weighted by Crippen LogP contribution is 2.16. The van der Waals surface area contributed by atoms with Crippen LogP contribution >= 0.6 is 11.3 Å². The van der Waals surface area contributed by atoms with Crippen LogP contribution in [-0.4, -0.2) is 28.0 Å². The van der Waals surface area contributed by atoms with Crippen LogP contribution in [0.4, 0.5) is 0 Å². The number of carboxylic acid groups (broad SMARTS) is 1. The van der Waals surface area contributed by atoms with E-state index in [-0.39, 0.29) is 17.7 Å². The number of aromatic nitrogens is 1. The summed E-state index contributed by atoms with van der Waals surface area (Å²) in [6, 6.07) is -1.14. The first-order valence-corrected chi connectivity index (χ1v) is 6.99. The van der Waals surface area contributed by atoms with Crippen molar-refractivity contribution in [3.8, 4) is 0 Å². The molecule has 0 aliphatic rings. The third kappa shape index (κ3) is 4.00. The van der Waals surface area contributed by atoms with Crippen molar-refractivity contribution in [2.24, 2.45) is 11.7 Å². The van der Waals surface area contributed by atoms with Crippen molar-refractivity contribution in [3.63, 3.8) is 0 Å². The van der Waals surface area contributed by atoms with Gasteiger partial charge >= 0.3 is 5.97 Å². The van der Waals surface area contributed by atoms with Crippen molar-refractivity contribution in [2.45, 2.75) is 39.3 Å². The molecule has 0 bridgehead atoms. The molecule has 0 radical (unpaired) electrons. The smallest absolute Gasteiger partial charge is 0.326 e. The van der Waals surface area contributed by atoms with Gasteiger partial charge < -0.3 is 16.2 Å². The van der Waals surface area contributed by atoms with E-state index in [0.29, 0.717) is 11.4 Å². The maximum Gasteiger partial charge on any atom is 0.326 e. The number of hydrogen-bond donors (Lipinski definition) is 3. The minimum absolute atomic E-state index is 0.145. The Balaban J connectivity index is 2.79. The third-order valence-corrected chi connectivity index (χ3v) is 3.96. The molecule has 1 heterocycles. The standard InChI is InChI=1S/C12H19N3O3S/c1-4-6(2)9(12(17)18)15-10(16)8-5-19-11(14-8)7(3)13/h5-7,9H,4,13H2,1-3H3,(H,15,16)(H,17,18)/t6?,7?,9-/m0/s1. The molecule has 106 valence electrons. The van der Waals surface area contributed by atoms with Crippen molar-refractivity contribution in [1.82, 2.24) is 10.3 Å². The second-order valence-corrected chi connectivity index (χ2v) is 5.42. The highest BCUT2D eigenvalue weighted by Gasteiger charge is 2.26. The molecule has 7 heteroatoms. The Hall–Kier alpha value is -1.47. The van der Waals surface area contributed by atoms with Gasteiger partial charge in [-0.25, -0.2) is 9.78 Å². The lowest BCUT2D eigenvalue weighted by molar-refractivity contribution is -0.140. The summed E-state index contributed by atoms with van der Waals surface area (Å²) in [4.78, 5) is 27.2. The van der Waals surface area contributed by atoms with Crippen molar-refractivity contribution in [3.05, 3.63) is 16.1 Å².